The number of carbonyl (C=O) groups excluding carboxylic acids is 2. The molecule has 302 valence electrons. The first-order valence-electron chi connectivity index (χ1n) is 21.4. The molecule has 9 heteroatoms. The predicted octanol–water partition coefficient (Wildman–Crippen LogP) is 8.54. The maximum absolute atomic E-state index is 13.0. The lowest BCUT2D eigenvalue weighted by Gasteiger charge is -2.63. The van der Waals surface area contributed by atoms with Gasteiger partial charge in [-0.3, -0.25) is 19.2 Å². The average Bonchev–Trinajstić information content (AvgIpc) is 3.44. The molecule has 0 saturated heterocycles. The van der Waals surface area contributed by atoms with Gasteiger partial charge in [-0.15, -0.1) is 0 Å². The number of ketones is 2. The Balaban J connectivity index is 0.000000671. The van der Waals surface area contributed by atoms with Gasteiger partial charge in [0.2, 0.25) is 0 Å². The molecule has 9 atom stereocenters. The molecule has 4 aliphatic rings. The fourth-order valence-corrected chi connectivity index (χ4v) is 11.4. The highest BCUT2D eigenvalue weighted by Gasteiger charge is 2.62. The van der Waals surface area contributed by atoms with Crippen LogP contribution in [0.25, 0.3) is 0 Å². The van der Waals surface area contributed by atoms with Gasteiger partial charge in [0.1, 0.15) is 11.6 Å². The zero-order valence-electron chi connectivity index (χ0n) is 33.7. The lowest BCUT2D eigenvalue weighted by atomic mass is 9.42. The maximum atomic E-state index is 13.0. The van der Waals surface area contributed by atoms with E-state index < -0.39 is 11.9 Å². The van der Waals surface area contributed by atoms with Gasteiger partial charge in [0, 0.05) is 38.8 Å². The number of unbranched alkanes of at least 4 members (excludes halogenated alkanes) is 6. The maximum Gasteiger partial charge on any atom is 0.304 e. The second-order valence-corrected chi connectivity index (χ2v) is 17.5. The van der Waals surface area contributed by atoms with Gasteiger partial charge in [-0.05, 0) is 117 Å². The average molecular weight is 734 g/mol. The highest BCUT2D eigenvalue weighted by molar-refractivity contribution is 5.79. The molecule has 0 aliphatic heterocycles. The molecular weight excluding hydrogens is 654 g/mol. The Bertz CT molecular complexity index is 1070. The van der Waals surface area contributed by atoms with Crippen molar-refractivity contribution in [3.8, 4) is 0 Å². The van der Waals surface area contributed by atoms with E-state index in [0.717, 1.165) is 61.7 Å². The number of hydrogen-bond acceptors (Lipinski definition) is 7. The fraction of sp³-hybridized carbons (Fsp3) is 0.907. The van der Waals surface area contributed by atoms with Gasteiger partial charge in [-0.1, -0.05) is 79.1 Å². The lowest BCUT2D eigenvalue weighted by Crippen LogP contribution is -2.56. The van der Waals surface area contributed by atoms with Crippen molar-refractivity contribution in [2.45, 2.75) is 175 Å². The number of fused-ring (bicyclic) bond motifs is 5. The molecule has 4 aliphatic carbocycles. The number of hydrogen-bond donors (Lipinski definition) is 5. The highest BCUT2D eigenvalue weighted by atomic mass is 16.4. The van der Waals surface area contributed by atoms with Crippen LogP contribution in [0.4, 0.5) is 0 Å². The molecular formula is C43H79N3O6. The van der Waals surface area contributed by atoms with Crippen LogP contribution in [0, 0.1) is 52.3 Å². The molecule has 0 bridgehead atoms. The second-order valence-electron chi connectivity index (χ2n) is 17.5. The summed E-state index contributed by atoms with van der Waals surface area (Å²) in [5.41, 5.74) is 16.4. The molecule has 0 aromatic rings. The first-order chi connectivity index (χ1) is 24.8. The van der Waals surface area contributed by atoms with Crippen LogP contribution in [0.2, 0.25) is 0 Å². The zero-order chi connectivity index (χ0) is 38.7. The van der Waals surface area contributed by atoms with E-state index in [1.165, 1.54) is 96.3 Å². The quantitative estimate of drug-likeness (QED) is 0.0764. The van der Waals surface area contributed by atoms with E-state index in [9.17, 15) is 19.2 Å². The summed E-state index contributed by atoms with van der Waals surface area (Å²) in [6.45, 7) is 11.0. The van der Waals surface area contributed by atoms with Crippen LogP contribution in [0.5, 0.6) is 0 Å². The zero-order valence-corrected chi connectivity index (χ0v) is 33.7. The molecule has 9 nitrogen and oxygen atoms in total. The van der Waals surface area contributed by atoms with E-state index in [2.05, 4.69) is 27.7 Å². The number of aliphatic carboxylic acids is 2. The van der Waals surface area contributed by atoms with Crippen molar-refractivity contribution in [2.24, 2.45) is 69.5 Å². The minimum Gasteiger partial charge on any atom is -0.481 e. The third-order valence-corrected chi connectivity index (χ3v) is 14.1. The number of carboxylic acid groups (broad SMARTS) is 2. The topological polar surface area (TPSA) is 187 Å². The Labute approximate surface area is 316 Å². The SMILES string of the molecule is CCCCCCCCCC(=O)CC[C@@H](C)C1CCC2C3C(CCC21C)C1(C)CCCCC1C[C@H]3CC(=O)CCN.NCCC(=O)O.NCCC(=O)O. The molecule has 0 aromatic carbocycles. The Kier molecular flexibility index (Phi) is 21.2. The van der Waals surface area contributed by atoms with Crippen LogP contribution in [0.15, 0.2) is 0 Å². The second kappa shape index (κ2) is 23.8. The van der Waals surface area contributed by atoms with Gasteiger partial charge in [0.15, 0.2) is 0 Å². The first-order valence-corrected chi connectivity index (χ1v) is 21.4. The summed E-state index contributed by atoms with van der Waals surface area (Å²) in [6, 6.07) is 0. The predicted molar refractivity (Wildman–Crippen MR) is 211 cm³/mol. The monoisotopic (exact) mass is 734 g/mol. The van der Waals surface area contributed by atoms with E-state index in [-0.39, 0.29) is 25.9 Å². The molecule has 4 fully saturated rings. The summed E-state index contributed by atoms with van der Waals surface area (Å²) in [6.07, 6.45) is 25.4. The van der Waals surface area contributed by atoms with Crippen molar-refractivity contribution in [1.29, 1.82) is 0 Å². The molecule has 0 radical (unpaired) electrons. The summed E-state index contributed by atoms with van der Waals surface area (Å²) < 4.78 is 0. The third kappa shape index (κ3) is 13.8. The highest BCUT2D eigenvalue weighted by Crippen LogP contribution is 2.70. The van der Waals surface area contributed by atoms with Crippen LogP contribution in [-0.2, 0) is 19.2 Å². The van der Waals surface area contributed by atoms with E-state index >= 15 is 0 Å². The van der Waals surface area contributed by atoms with Gasteiger partial charge in [-0.2, -0.15) is 0 Å². The van der Waals surface area contributed by atoms with Gasteiger partial charge in [0.25, 0.3) is 0 Å². The largest absolute Gasteiger partial charge is 0.481 e. The van der Waals surface area contributed by atoms with E-state index in [0.29, 0.717) is 47.2 Å². The molecule has 4 rings (SSSR count). The Morgan fingerprint density at radius 3 is 1.85 bits per heavy atom. The standard InChI is InChI=1S/C37H65NO2.2C3H7NO2/c1-5-6-7-8-9-10-11-15-30(39)17-16-27(2)32-18-19-33-35-28(26-31(40)21-24-38)25-29-14-12-13-22-36(29,3)34(35)20-23-37(32,33)4;2*4-2-1-3(5)6/h27-29,32-35H,5-26,38H2,1-4H3;2*1-2,4H2,(H,5,6)/t27-,28+,29?,32?,33?,34?,35?,36?,37?;;/m1../s1. The smallest absolute Gasteiger partial charge is 0.304 e. The van der Waals surface area contributed by atoms with Crippen LogP contribution < -0.4 is 17.2 Å². The number of Topliss-reactive ketones (excluding diaryl/α,β-unsaturated/α-hetero) is 2. The number of carbonyl (C=O) groups is 4. The number of carboxylic acids is 2. The number of nitrogens with two attached hydrogens (primary N) is 3. The van der Waals surface area contributed by atoms with Gasteiger partial charge in [-0.25, -0.2) is 0 Å². The van der Waals surface area contributed by atoms with Crippen molar-refractivity contribution in [3.63, 3.8) is 0 Å². The van der Waals surface area contributed by atoms with Crippen molar-refractivity contribution in [2.75, 3.05) is 19.6 Å². The fourth-order valence-electron chi connectivity index (χ4n) is 11.4. The van der Waals surface area contributed by atoms with Crippen molar-refractivity contribution >= 4 is 23.5 Å². The molecule has 52 heavy (non-hydrogen) atoms. The molecule has 0 aromatic heterocycles. The Morgan fingerprint density at radius 1 is 0.673 bits per heavy atom. The lowest BCUT2D eigenvalue weighted by molar-refractivity contribution is -0.148. The van der Waals surface area contributed by atoms with E-state index in [4.69, 9.17) is 27.4 Å². The Morgan fingerprint density at radius 2 is 1.27 bits per heavy atom. The van der Waals surface area contributed by atoms with Crippen molar-refractivity contribution in [3.05, 3.63) is 0 Å². The van der Waals surface area contributed by atoms with Crippen LogP contribution >= 0.6 is 0 Å². The van der Waals surface area contributed by atoms with Gasteiger partial charge in [0.05, 0.1) is 12.8 Å². The van der Waals surface area contributed by atoms with Gasteiger partial charge >= 0.3 is 11.9 Å². The van der Waals surface area contributed by atoms with E-state index in [1.807, 2.05) is 0 Å². The normalized spacial score (nSPS) is 31.0. The summed E-state index contributed by atoms with van der Waals surface area (Å²) in [5, 5.41) is 15.7. The molecule has 0 heterocycles. The Hall–Kier alpha value is -1.84. The van der Waals surface area contributed by atoms with Crippen molar-refractivity contribution in [1.82, 2.24) is 0 Å². The van der Waals surface area contributed by atoms with E-state index in [1.54, 1.807) is 0 Å². The van der Waals surface area contributed by atoms with Crippen LogP contribution in [0.3, 0.4) is 0 Å². The summed E-state index contributed by atoms with van der Waals surface area (Å²) in [4.78, 5) is 44.8. The minimum atomic E-state index is -0.836. The van der Waals surface area contributed by atoms with Crippen LogP contribution in [-0.4, -0.2) is 53.4 Å². The minimum absolute atomic E-state index is 0.0694. The molecule has 0 spiro atoms. The summed E-state index contributed by atoms with van der Waals surface area (Å²) in [7, 11) is 0. The molecule has 8 N–H and O–H groups in total. The molecule has 7 unspecified atom stereocenters. The third-order valence-electron chi connectivity index (χ3n) is 14.1. The van der Waals surface area contributed by atoms with Gasteiger partial charge < -0.3 is 27.4 Å². The summed E-state index contributed by atoms with van der Waals surface area (Å²) in [5.74, 6) is 4.29. The van der Waals surface area contributed by atoms with Crippen LogP contribution in [0.1, 0.15) is 175 Å². The number of rotatable bonds is 20. The summed E-state index contributed by atoms with van der Waals surface area (Å²) >= 11 is 0. The molecule has 4 saturated carbocycles. The first kappa shape index (κ1) is 46.3. The van der Waals surface area contributed by atoms with Crippen molar-refractivity contribution < 1.29 is 29.4 Å². The molecule has 0 amide bonds.